The molecule has 0 bridgehead atoms. The van der Waals surface area contributed by atoms with Crippen molar-refractivity contribution in [3.63, 3.8) is 0 Å². The fourth-order valence-electron chi connectivity index (χ4n) is 2.17. The average Bonchev–Trinajstić information content (AvgIpc) is 2.50. The van der Waals surface area contributed by atoms with Crippen molar-refractivity contribution in [1.29, 1.82) is 0 Å². The zero-order valence-corrected chi connectivity index (χ0v) is 16.7. The van der Waals surface area contributed by atoms with Crippen molar-refractivity contribution in [2.24, 2.45) is 0 Å². The minimum Gasteiger partial charge on any atom is -0.497 e. The van der Waals surface area contributed by atoms with Gasteiger partial charge in [0.1, 0.15) is 17.4 Å². The molecule has 0 aliphatic carbocycles. The highest BCUT2D eigenvalue weighted by molar-refractivity contribution is 7.90. The van der Waals surface area contributed by atoms with Gasteiger partial charge in [0, 0.05) is 50.7 Å². The molecule has 9 heteroatoms. The Morgan fingerprint density at radius 1 is 1.23 bits per heavy atom. The number of carbonyl (C=O) groups excluding carboxylic acids is 1. The molecule has 0 aromatic heterocycles. The van der Waals surface area contributed by atoms with Crippen LogP contribution in [0.25, 0.3) is 0 Å². The van der Waals surface area contributed by atoms with E-state index in [0.717, 1.165) is 12.1 Å². The Bertz CT molecular complexity index is 736. The topological polar surface area (TPSA) is 75.7 Å². The van der Waals surface area contributed by atoms with Crippen molar-refractivity contribution >= 4 is 15.9 Å². The standard InChI is InChI=1S/C17H26F2N2O4S/c1-17(2,3)26(23,24)20-10-11(7-15(22)21(4)5)16-13(18)8-12(25-6)9-14(16)19/h8-9,11,20H,7,10H2,1-6H3. The normalized spacial score (nSPS) is 13.4. The lowest BCUT2D eigenvalue weighted by Gasteiger charge is -2.24. The Kier molecular flexibility index (Phi) is 7.12. The number of carbonyl (C=O) groups is 1. The smallest absolute Gasteiger partial charge is 0.222 e. The SMILES string of the molecule is COc1cc(F)c(C(CNS(=O)(=O)C(C)(C)C)CC(=O)N(C)C)c(F)c1. The van der Waals surface area contributed by atoms with Crippen LogP contribution in [-0.4, -0.2) is 51.7 Å². The van der Waals surface area contributed by atoms with Crippen LogP contribution in [0.15, 0.2) is 12.1 Å². The Morgan fingerprint density at radius 2 is 1.73 bits per heavy atom. The van der Waals surface area contributed by atoms with Crippen molar-refractivity contribution in [3.8, 4) is 5.75 Å². The molecular formula is C17H26F2N2O4S. The first-order chi connectivity index (χ1) is 11.8. The molecular weight excluding hydrogens is 366 g/mol. The van der Waals surface area contributed by atoms with Gasteiger partial charge in [-0.15, -0.1) is 0 Å². The van der Waals surface area contributed by atoms with E-state index in [9.17, 15) is 22.0 Å². The maximum Gasteiger partial charge on any atom is 0.222 e. The monoisotopic (exact) mass is 392 g/mol. The number of hydrogen-bond acceptors (Lipinski definition) is 4. The summed E-state index contributed by atoms with van der Waals surface area (Å²) < 4.78 is 59.5. The molecule has 0 aliphatic rings. The van der Waals surface area contributed by atoms with Crippen LogP contribution in [0.3, 0.4) is 0 Å². The molecule has 0 saturated carbocycles. The van der Waals surface area contributed by atoms with Crippen molar-refractivity contribution in [1.82, 2.24) is 9.62 Å². The van der Waals surface area contributed by atoms with Gasteiger partial charge in [-0.05, 0) is 20.8 Å². The summed E-state index contributed by atoms with van der Waals surface area (Å²) in [5.41, 5.74) is -0.349. The Morgan fingerprint density at radius 3 is 2.12 bits per heavy atom. The minimum absolute atomic E-state index is 0.00305. The number of amides is 1. The summed E-state index contributed by atoms with van der Waals surface area (Å²) in [5.74, 6) is -3.18. The van der Waals surface area contributed by atoms with Crippen LogP contribution in [0.1, 0.15) is 38.7 Å². The molecule has 1 atom stereocenters. The number of benzene rings is 1. The van der Waals surface area contributed by atoms with E-state index in [0.29, 0.717) is 0 Å². The van der Waals surface area contributed by atoms with Crippen molar-refractivity contribution in [3.05, 3.63) is 29.3 Å². The first-order valence-electron chi connectivity index (χ1n) is 8.02. The van der Waals surface area contributed by atoms with Gasteiger partial charge in [-0.25, -0.2) is 21.9 Å². The van der Waals surface area contributed by atoms with E-state index in [1.165, 1.54) is 46.9 Å². The van der Waals surface area contributed by atoms with Crippen LogP contribution in [0.5, 0.6) is 5.75 Å². The third kappa shape index (κ3) is 5.38. The molecule has 6 nitrogen and oxygen atoms in total. The lowest BCUT2D eigenvalue weighted by Crippen LogP contribution is -2.41. The number of sulfonamides is 1. The van der Waals surface area contributed by atoms with E-state index in [1.807, 2.05) is 0 Å². The first-order valence-corrected chi connectivity index (χ1v) is 9.50. The molecule has 0 heterocycles. The van der Waals surface area contributed by atoms with Crippen LogP contribution in [0, 0.1) is 11.6 Å². The van der Waals surface area contributed by atoms with Crippen molar-refractivity contribution in [2.45, 2.75) is 37.9 Å². The van der Waals surface area contributed by atoms with Gasteiger partial charge in [0.2, 0.25) is 15.9 Å². The quantitative estimate of drug-likeness (QED) is 0.772. The van der Waals surface area contributed by atoms with Crippen molar-refractivity contribution < 1.29 is 26.7 Å². The van der Waals surface area contributed by atoms with E-state index in [2.05, 4.69) is 4.72 Å². The summed E-state index contributed by atoms with van der Waals surface area (Å²) in [5, 5.41) is 0. The summed E-state index contributed by atoms with van der Waals surface area (Å²) in [6.45, 7) is 4.21. The van der Waals surface area contributed by atoms with Crippen LogP contribution in [-0.2, 0) is 14.8 Å². The fraction of sp³-hybridized carbons (Fsp3) is 0.588. The molecule has 0 fully saturated rings. The summed E-state index contributed by atoms with van der Waals surface area (Å²) in [7, 11) is 0.563. The number of rotatable bonds is 7. The molecule has 1 amide bonds. The maximum absolute atomic E-state index is 14.4. The summed E-state index contributed by atoms with van der Waals surface area (Å²) in [6.07, 6.45) is -0.250. The fourth-order valence-corrected chi connectivity index (χ4v) is 3.02. The number of halogens is 2. The van der Waals surface area contributed by atoms with Gasteiger partial charge in [-0.2, -0.15) is 0 Å². The highest BCUT2D eigenvalue weighted by atomic mass is 32.2. The van der Waals surface area contributed by atoms with E-state index in [-0.39, 0.29) is 30.2 Å². The van der Waals surface area contributed by atoms with Crippen LogP contribution < -0.4 is 9.46 Å². The molecule has 0 spiro atoms. The van der Waals surface area contributed by atoms with Crippen LogP contribution >= 0.6 is 0 Å². The zero-order valence-electron chi connectivity index (χ0n) is 15.9. The highest BCUT2D eigenvalue weighted by Gasteiger charge is 2.31. The van der Waals surface area contributed by atoms with E-state index in [1.54, 1.807) is 0 Å². The van der Waals surface area contributed by atoms with Gasteiger partial charge >= 0.3 is 0 Å². The number of methoxy groups -OCH3 is 1. The lowest BCUT2D eigenvalue weighted by atomic mass is 9.94. The Balaban J connectivity index is 3.25. The van der Waals surface area contributed by atoms with Gasteiger partial charge < -0.3 is 9.64 Å². The molecule has 1 aromatic rings. The van der Waals surface area contributed by atoms with Gasteiger partial charge in [0.05, 0.1) is 11.9 Å². The predicted molar refractivity (Wildman–Crippen MR) is 95.6 cm³/mol. The number of ether oxygens (including phenoxy) is 1. The lowest BCUT2D eigenvalue weighted by molar-refractivity contribution is -0.129. The van der Waals surface area contributed by atoms with E-state index < -0.39 is 32.3 Å². The van der Waals surface area contributed by atoms with Gasteiger partial charge in [0.15, 0.2) is 0 Å². The van der Waals surface area contributed by atoms with E-state index in [4.69, 9.17) is 4.74 Å². The van der Waals surface area contributed by atoms with Gasteiger partial charge in [0.25, 0.3) is 0 Å². The molecule has 1 N–H and O–H groups in total. The third-order valence-corrected chi connectivity index (χ3v) is 6.10. The third-order valence-electron chi connectivity index (χ3n) is 3.94. The minimum atomic E-state index is -3.74. The van der Waals surface area contributed by atoms with Crippen LogP contribution in [0.2, 0.25) is 0 Å². The molecule has 1 unspecified atom stereocenters. The van der Waals surface area contributed by atoms with E-state index >= 15 is 0 Å². The second kappa shape index (κ2) is 8.30. The largest absolute Gasteiger partial charge is 0.497 e. The molecule has 1 aromatic carbocycles. The number of nitrogens with zero attached hydrogens (tertiary/aromatic N) is 1. The molecule has 26 heavy (non-hydrogen) atoms. The van der Waals surface area contributed by atoms with Gasteiger partial charge in [-0.3, -0.25) is 4.79 Å². The number of hydrogen-bond donors (Lipinski definition) is 1. The summed E-state index contributed by atoms with van der Waals surface area (Å²) >= 11 is 0. The summed E-state index contributed by atoms with van der Waals surface area (Å²) in [6, 6.07) is 2.01. The molecule has 0 radical (unpaired) electrons. The molecule has 0 saturated heterocycles. The second-order valence-corrected chi connectivity index (χ2v) is 9.68. The average molecular weight is 392 g/mol. The first kappa shape index (κ1) is 22.3. The summed E-state index contributed by atoms with van der Waals surface area (Å²) in [4.78, 5) is 13.4. The molecule has 1 rings (SSSR count). The second-order valence-electron chi connectivity index (χ2n) is 7.16. The molecule has 148 valence electrons. The molecule has 0 aliphatic heterocycles. The Hall–Kier alpha value is -1.74. The highest BCUT2D eigenvalue weighted by Crippen LogP contribution is 2.30. The van der Waals surface area contributed by atoms with Crippen molar-refractivity contribution in [2.75, 3.05) is 27.7 Å². The predicted octanol–water partition coefficient (Wildman–Crippen LogP) is 2.25. The van der Waals surface area contributed by atoms with Gasteiger partial charge in [-0.1, -0.05) is 0 Å². The number of nitrogens with one attached hydrogen (secondary N) is 1. The zero-order chi connectivity index (χ0) is 20.3. The Labute approximate surface area is 153 Å². The maximum atomic E-state index is 14.4. The van der Waals surface area contributed by atoms with Crippen LogP contribution in [0.4, 0.5) is 8.78 Å².